The van der Waals surface area contributed by atoms with E-state index in [0.717, 1.165) is 28.4 Å². The maximum atomic E-state index is 12.7. The van der Waals surface area contributed by atoms with Crippen LogP contribution in [0.2, 0.25) is 0 Å². The minimum Gasteiger partial charge on any atom is -0.349 e. The fourth-order valence-corrected chi connectivity index (χ4v) is 2.88. The zero-order valence-electron chi connectivity index (χ0n) is 11.8. The Morgan fingerprint density at radius 1 is 1.19 bits per heavy atom. The van der Waals surface area contributed by atoms with Crippen LogP contribution in [0.15, 0.2) is 53.3 Å². The lowest BCUT2D eigenvalue weighted by atomic mass is 9.94. The molecule has 1 fully saturated rings. The van der Waals surface area contributed by atoms with Crippen molar-refractivity contribution in [3.63, 3.8) is 0 Å². The number of carbonyl (C=O) groups is 1. The molecule has 3 nitrogen and oxygen atoms in total. The summed E-state index contributed by atoms with van der Waals surface area (Å²) in [4.78, 5) is 16.7. The van der Waals surface area contributed by atoms with Crippen molar-refractivity contribution in [3.05, 3.63) is 64.4 Å². The van der Waals surface area contributed by atoms with Crippen molar-refractivity contribution >= 4 is 21.8 Å². The van der Waals surface area contributed by atoms with Gasteiger partial charge in [-0.1, -0.05) is 28.1 Å². The van der Waals surface area contributed by atoms with Crippen molar-refractivity contribution in [2.24, 2.45) is 0 Å². The van der Waals surface area contributed by atoms with Gasteiger partial charge in [0.15, 0.2) is 0 Å². The average Bonchev–Trinajstić information content (AvgIpc) is 3.30. The summed E-state index contributed by atoms with van der Waals surface area (Å²) < 4.78 is 1.03. The van der Waals surface area contributed by atoms with E-state index >= 15 is 0 Å². The normalized spacial score (nSPS) is 17.0. The first-order chi connectivity index (χ1) is 10.1. The van der Waals surface area contributed by atoms with E-state index in [1.54, 1.807) is 12.4 Å². The summed E-state index contributed by atoms with van der Waals surface area (Å²) in [7, 11) is 0. The first kappa shape index (κ1) is 14.3. The van der Waals surface area contributed by atoms with Gasteiger partial charge in [0.05, 0.1) is 11.5 Å². The average molecular weight is 345 g/mol. The molecule has 1 aliphatic carbocycles. The first-order valence-electron chi connectivity index (χ1n) is 7.09. The number of halogens is 1. The summed E-state index contributed by atoms with van der Waals surface area (Å²) in [6.07, 6.45) is 5.34. The molecule has 0 aliphatic heterocycles. The van der Waals surface area contributed by atoms with Crippen LogP contribution in [0.25, 0.3) is 0 Å². The predicted molar refractivity (Wildman–Crippen MR) is 85.8 cm³/mol. The number of pyridine rings is 1. The molecular weight excluding hydrogens is 328 g/mol. The molecule has 1 aromatic carbocycles. The Kier molecular flexibility index (Phi) is 3.81. The number of nitrogens with zero attached hydrogens (tertiary/aromatic N) is 1. The number of aromatic nitrogens is 1. The topological polar surface area (TPSA) is 42.0 Å². The Hall–Kier alpha value is -1.68. The van der Waals surface area contributed by atoms with Gasteiger partial charge in [0.25, 0.3) is 0 Å². The summed E-state index contributed by atoms with van der Waals surface area (Å²) in [5, 5.41) is 3.13. The van der Waals surface area contributed by atoms with E-state index < -0.39 is 0 Å². The fourth-order valence-electron chi connectivity index (χ4n) is 2.61. The zero-order valence-corrected chi connectivity index (χ0v) is 13.4. The van der Waals surface area contributed by atoms with Crippen molar-refractivity contribution in [1.82, 2.24) is 10.3 Å². The van der Waals surface area contributed by atoms with Gasteiger partial charge >= 0.3 is 0 Å². The second-order valence-electron chi connectivity index (χ2n) is 5.56. The number of benzene rings is 1. The highest BCUT2D eigenvalue weighted by atomic mass is 79.9. The molecule has 108 valence electrons. The molecular formula is C17H17BrN2O. The minimum atomic E-state index is -0.331. The Bertz CT molecular complexity index is 636. The summed E-state index contributed by atoms with van der Waals surface area (Å²) in [6.45, 7) is 2.00. The van der Waals surface area contributed by atoms with E-state index in [1.807, 2.05) is 43.3 Å². The van der Waals surface area contributed by atoms with Crippen molar-refractivity contribution in [2.45, 2.75) is 31.2 Å². The first-order valence-corrected chi connectivity index (χ1v) is 7.88. The van der Waals surface area contributed by atoms with Crippen molar-refractivity contribution in [2.75, 3.05) is 0 Å². The number of nitrogens with one attached hydrogen (secondary N) is 1. The molecule has 0 spiro atoms. The molecule has 0 radical (unpaired) electrons. The molecule has 2 aromatic rings. The number of hydrogen-bond acceptors (Lipinski definition) is 2. The minimum absolute atomic E-state index is 0.00609. The summed E-state index contributed by atoms with van der Waals surface area (Å²) >= 11 is 3.43. The Morgan fingerprint density at radius 2 is 1.81 bits per heavy atom. The van der Waals surface area contributed by atoms with Crippen LogP contribution >= 0.6 is 15.9 Å². The number of hydrogen-bond donors (Lipinski definition) is 1. The molecule has 1 saturated carbocycles. The lowest BCUT2D eigenvalue weighted by molar-refractivity contribution is -0.124. The van der Waals surface area contributed by atoms with Gasteiger partial charge in [0.1, 0.15) is 0 Å². The largest absolute Gasteiger partial charge is 0.349 e. The number of amides is 1. The Morgan fingerprint density at radius 3 is 2.38 bits per heavy atom. The van der Waals surface area contributed by atoms with Crippen molar-refractivity contribution in [3.8, 4) is 0 Å². The van der Waals surface area contributed by atoms with Gasteiger partial charge in [-0.15, -0.1) is 0 Å². The zero-order chi connectivity index (χ0) is 14.9. The lowest BCUT2D eigenvalue weighted by Gasteiger charge is -2.20. The van der Waals surface area contributed by atoms with Gasteiger partial charge in [-0.25, -0.2) is 0 Å². The highest BCUT2D eigenvalue weighted by molar-refractivity contribution is 9.10. The van der Waals surface area contributed by atoms with E-state index in [1.165, 1.54) is 0 Å². The van der Waals surface area contributed by atoms with Gasteiger partial charge in [-0.05, 0) is 55.2 Å². The summed E-state index contributed by atoms with van der Waals surface area (Å²) in [5.74, 6) is 0.120. The van der Waals surface area contributed by atoms with Crippen LogP contribution in [0.5, 0.6) is 0 Å². The predicted octanol–water partition coefficient (Wildman–Crippen LogP) is 3.75. The van der Waals surface area contributed by atoms with Crippen LogP contribution in [-0.4, -0.2) is 10.9 Å². The summed E-state index contributed by atoms with van der Waals surface area (Å²) in [6, 6.07) is 11.9. The second kappa shape index (κ2) is 5.60. The van der Waals surface area contributed by atoms with Crippen molar-refractivity contribution < 1.29 is 4.79 Å². The standard InChI is InChI=1S/C17H17BrN2O/c1-12(13-6-10-19-11-7-13)20-16(21)17(8-9-17)14-2-4-15(18)5-3-14/h2-7,10-12H,8-9H2,1H3,(H,20,21)/t12-/m0/s1. The van der Waals surface area contributed by atoms with E-state index in [-0.39, 0.29) is 17.4 Å². The molecule has 21 heavy (non-hydrogen) atoms. The molecule has 0 bridgehead atoms. The maximum Gasteiger partial charge on any atom is 0.231 e. The van der Waals surface area contributed by atoms with E-state index in [4.69, 9.17) is 0 Å². The Labute approximate surface area is 132 Å². The van der Waals surface area contributed by atoms with Crippen molar-refractivity contribution in [1.29, 1.82) is 0 Å². The monoisotopic (exact) mass is 344 g/mol. The molecule has 1 aliphatic rings. The van der Waals surface area contributed by atoms with Crippen LogP contribution in [0.4, 0.5) is 0 Å². The molecule has 0 unspecified atom stereocenters. The molecule has 0 saturated heterocycles. The second-order valence-corrected chi connectivity index (χ2v) is 6.48. The Balaban J connectivity index is 1.75. The fraction of sp³-hybridized carbons (Fsp3) is 0.294. The number of carbonyl (C=O) groups excluding carboxylic acids is 1. The van der Waals surface area contributed by atoms with Gasteiger partial charge in [0.2, 0.25) is 5.91 Å². The van der Waals surface area contributed by atoms with Gasteiger partial charge < -0.3 is 5.32 Å². The highest BCUT2D eigenvalue weighted by Gasteiger charge is 2.51. The molecule has 4 heteroatoms. The third-order valence-corrected chi connectivity index (χ3v) is 4.66. The lowest BCUT2D eigenvalue weighted by Crippen LogP contribution is -2.36. The molecule has 1 N–H and O–H groups in total. The van der Waals surface area contributed by atoms with E-state index in [9.17, 15) is 4.79 Å². The molecule has 3 rings (SSSR count). The van der Waals surface area contributed by atoms with Crippen LogP contribution in [-0.2, 0) is 10.2 Å². The highest BCUT2D eigenvalue weighted by Crippen LogP contribution is 2.48. The van der Waals surface area contributed by atoms with E-state index in [2.05, 4.69) is 26.2 Å². The smallest absolute Gasteiger partial charge is 0.231 e. The van der Waals surface area contributed by atoms with Gasteiger partial charge in [0, 0.05) is 16.9 Å². The van der Waals surface area contributed by atoms with Crippen LogP contribution < -0.4 is 5.32 Å². The van der Waals surface area contributed by atoms with Crippen LogP contribution in [0, 0.1) is 0 Å². The third-order valence-electron chi connectivity index (χ3n) is 4.14. The molecule has 1 heterocycles. The quantitative estimate of drug-likeness (QED) is 0.917. The summed E-state index contributed by atoms with van der Waals surface area (Å²) in [5.41, 5.74) is 1.84. The molecule has 1 atom stereocenters. The van der Waals surface area contributed by atoms with Crippen LogP contribution in [0.1, 0.15) is 36.9 Å². The molecule has 1 aromatic heterocycles. The van der Waals surface area contributed by atoms with Gasteiger partial charge in [-0.3, -0.25) is 9.78 Å². The molecule has 1 amide bonds. The van der Waals surface area contributed by atoms with E-state index in [0.29, 0.717) is 0 Å². The van der Waals surface area contributed by atoms with Crippen LogP contribution in [0.3, 0.4) is 0 Å². The van der Waals surface area contributed by atoms with Gasteiger partial charge in [-0.2, -0.15) is 0 Å². The maximum absolute atomic E-state index is 12.7. The third kappa shape index (κ3) is 2.86. The number of rotatable bonds is 4. The SMILES string of the molecule is C[C@H](NC(=O)C1(c2ccc(Br)cc2)CC1)c1ccncc1.